The van der Waals surface area contributed by atoms with Gasteiger partial charge >= 0.3 is 5.97 Å². The van der Waals surface area contributed by atoms with E-state index in [-0.39, 0.29) is 11.4 Å². The number of carbonyl (C=O) groups is 1. The third-order valence-electron chi connectivity index (χ3n) is 5.23. The monoisotopic (exact) mass is 416 g/mol. The van der Waals surface area contributed by atoms with Gasteiger partial charge in [0.25, 0.3) is 0 Å². The van der Waals surface area contributed by atoms with E-state index in [1.165, 1.54) is 4.88 Å². The highest BCUT2D eigenvalue weighted by atomic mass is 32.1. The fourth-order valence-electron chi connectivity index (χ4n) is 3.62. The number of hydrogen-bond donors (Lipinski definition) is 2. The molecule has 0 spiro atoms. The van der Waals surface area contributed by atoms with Gasteiger partial charge in [0.15, 0.2) is 5.11 Å². The van der Waals surface area contributed by atoms with E-state index in [0.717, 1.165) is 35.5 Å². The SMILES string of the molecule is CCOC(=O)c1c(NC(=S)Nc2ccccc2)sc2c1CC[C@H](C(C)(C)C)C2. The lowest BCUT2D eigenvalue weighted by molar-refractivity contribution is 0.0526. The summed E-state index contributed by atoms with van der Waals surface area (Å²) in [4.78, 5) is 14.0. The first-order valence-electron chi connectivity index (χ1n) is 9.74. The van der Waals surface area contributed by atoms with Crippen LogP contribution in [0.5, 0.6) is 0 Å². The fraction of sp³-hybridized carbons (Fsp3) is 0.455. The van der Waals surface area contributed by atoms with E-state index in [4.69, 9.17) is 17.0 Å². The minimum absolute atomic E-state index is 0.254. The van der Waals surface area contributed by atoms with Gasteiger partial charge in [-0.3, -0.25) is 0 Å². The molecule has 2 aromatic rings. The summed E-state index contributed by atoms with van der Waals surface area (Å²) >= 11 is 7.12. The van der Waals surface area contributed by atoms with E-state index >= 15 is 0 Å². The maximum Gasteiger partial charge on any atom is 0.341 e. The van der Waals surface area contributed by atoms with Crippen molar-refractivity contribution in [2.75, 3.05) is 17.2 Å². The van der Waals surface area contributed by atoms with Gasteiger partial charge in [-0.15, -0.1) is 11.3 Å². The van der Waals surface area contributed by atoms with Gasteiger partial charge in [-0.25, -0.2) is 4.79 Å². The van der Waals surface area contributed by atoms with Crippen molar-refractivity contribution in [2.24, 2.45) is 11.3 Å². The van der Waals surface area contributed by atoms with Gasteiger partial charge in [-0.1, -0.05) is 39.0 Å². The van der Waals surface area contributed by atoms with E-state index in [1.807, 2.05) is 37.3 Å². The van der Waals surface area contributed by atoms with E-state index < -0.39 is 0 Å². The van der Waals surface area contributed by atoms with Crippen molar-refractivity contribution in [1.29, 1.82) is 0 Å². The Labute approximate surface area is 176 Å². The second-order valence-electron chi connectivity index (χ2n) is 8.18. The van der Waals surface area contributed by atoms with E-state index in [0.29, 0.717) is 23.2 Å². The van der Waals surface area contributed by atoms with Gasteiger partial charge in [-0.2, -0.15) is 0 Å². The molecule has 150 valence electrons. The quantitative estimate of drug-likeness (QED) is 0.481. The Balaban J connectivity index is 1.86. The van der Waals surface area contributed by atoms with Crippen LogP contribution < -0.4 is 10.6 Å². The first kappa shape index (κ1) is 20.8. The standard InChI is InChI=1S/C22H28N2O2S2/c1-5-26-20(25)18-16-12-11-14(22(2,3)4)13-17(16)28-19(18)24-21(27)23-15-9-7-6-8-10-15/h6-10,14H,5,11-13H2,1-4H3,(H2,23,24,27)/t14-/m0/s1. The number of carbonyl (C=O) groups excluding carboxylic acids is 1. The summed E-state index contributed by atoms with van der Waals surface area (Å²) in [5.74, 6) is 0.343. The molecule has 2 N–H and O–H groups in total. The molecule has 0 unspecified atom stereocenters. The number of benzene rings is 1. The van der Waals surface area contributed by atoms with Crippen molar-refractivity contribution in [2.45, 2.75) is 47.0 Å². The molecule has 0 bridgehead atoms. The van der Waals surface area contributed by atoms with Crippen LogP contribution in [0.2, 0.25) is 0 Å². The van der Waals surface area contributed by atoms with Crippen LogP contribution in [0.15, 0.2) is 30.3 Å². The number of rotatable bonds is 4. The molecule has 1 aromatic carbocycles. The van der Waals surface area contributed by atoms with Gasteiger partial charge < -0.3 is 15.4 Å². The minimum atomic E-state index is -0.265. The number of thiophene rings is 1. The van der Waals surface area contributed by atoms with Crippen molar-refractivity contribution in [3.8, 4) is 0 Å². The molecule has 28 heavy (non-hydrogen) atoms. The van der Waals surface area contributed by atoms with E-state index in [9.17, 15) is 4.79 Å². The van der Waals surface area contributed by atoms with Crippen molar-refractivity contribution < 1.29 is 9.53 Å². The number of anilines is 2. The van der Waals surface area contributed by atoms with Crippen LogP contribution >= 0.6 is 23.6 Å². The molecule has 1 heterocycles. The first-order valence-corrected chi connectivity index (χ1v) is 11.0. The van der Waals surface area contributed by atoms with Crippen LogP contribution in [0.25, 0.3) is 0 Å². The lowest BCUT2D eigenvalue weighted by Gasteiger charge is -2.33. The third kappa shape index (κ3) is 4.73. The normalized spacial score (nSPS) is 16.2. The average molecular weight is 417 g/mol. The van der Waals surface area contributed by atoms with Gasteiger partial charge in [-0.05, 0) is 67.4 Å². The summed E-state index contributed by atoms with van der Waals surface area (Å²) in [6, 6.07) is 9.76. The lowest BCUT2D eigenvalue weighted by atomic mass is 9.72. The summed E-state index contributed by atoms with van der Waals surface area (Å²) in [5, 5.41) is 7.68. The van der Waals surface area contributed by atoms with E-state index in [1.54, 1.807) is 11.3 Å². The molecule has 0 aliphatic heterocycles. The van der Waals surface area contributed by atoms with Crippen molar-refractivity contribution >= 4 is 45.3 Å². The van der Waals surface area contributed by atoms with Crippen LogP contribution in [-0.4, -0.2) is 17.7 Å². The van der Waals surface area contributed by atoms with Gasteiger partial charge in [0.05, 0.1) is 12.2 Å². The van der Waals surface area contributed by atoms with Crippen LogP contribution in [-0.2, 0) is 17.6 Å². The summed E-state index contributed by atoms with van der Waals surface area (Å²) < 4.78 is 5.35. The second kappa shape index (κ2) is 8.62. The Morgan fingerprint density at radius 2 is 1.96 bits per heavy atom. The minimum Gasteiger partial charge on any atom is -0.462 e. The number of hydrogen-bond acceptors (Lipinski definition) is 4. The van der Waals surface area contributed by atoms with E-state index in [2.05, 4.69) is 31.4 Å². The Morgan fingerprint density at radius 1 is 1.25 bits per heavy atom. The molecule has 0 amide bonds. The van der Waals surface area contributed by atoms with Crippen molar-refractivity contribution in [1.82, 2.24) is 0 Å². The van der Waals surface area contributed by atoms with Crippen molar-refractivity contribution in [3.05, 3.63) is 46.3 Å². The topological polar surface area (TPSA) is 50.4 Å². The van der Waals surface area contributed by atoms with Crippen LogP contribution in [0.3, 0.4) is 0 Å². The van der Waals surface area contributed by atoms with Crippen LogP contribution in [0.1, 0.15) is 54.9 Å². The molecule has 1 aliphatic rings. The number of ether oxygens (including phenoxy) is 1. The molecule has 0 radical (unpaired) electrons. The second-order valence-corrected chi connectivity index (χ2v) is 9.69. The Hall–Kier alpha value is -1.92. The van der Waals surface area contributed by atoms with Gasteiger partial charge in [0.1, 0.15) is 5.00 Å². The number of fused-ring (bicyclic) bond motifs is 1. The molecule has 4 nitrogen and oxygen atoms in total. The summed E-state index contributed by atoms with van der Waals surface area (Å²) in [5.41, 5.74) is 2.95. The molecule has 6 heteroatoms. The maximum absolute atomic E-state index is 12.7. The molecule has 1 atom stereocenters. The van der Waals surface area contributed by atoms with Gasteiger partial charge in [0, 0.05) is 10.6 Å². The molecular formula is C22H28N2O2S2. The Bertz CT molecular complexity index is 853. The highest BCUT2D eigenvalue weighted by molar-refractivity contribution is 7.80. The van der Waals surface area contributed by atoms with Gasteiger partial charge in [0.2, 0.25) is 0 Å². The van der Waals surface area contributed by atoms with Crippen LogP contribution in [0.4, 0.5) is 10.7 Å². The number of nitrogens with one attached hydrogen (secondary N) is 2. The zero-order chi connectivity index (χ0) is 20.3. The van der Waals surface area contributed by atoms with Crippen LogP contribution in [0, 0.1) is 11.3 Å². The Kier molecular flexibility index (Phi) is 6.40. The largest absolute Gasteiger partial charge is 0.462 e. The molecule has 0 saturated heterocycles. The number of esters is 1. The van der Waals surface area contributed by atoms with Crippen molar-refractivity contribution in [3.63, 3.8) is 0 Å². The molecule has 0 saturated carbocycles. The average Bonchev–Trinajstić information content (AvgIpc) is 2.98. The number of para-hydroxylation sites is 1. The summed E-state index contributed by atoms with van der Waals surface area (Å²) in [7, 11) is 0. The molecule has 1 aliphatic carbocycles. The summed E-state index contributed by atoms with van der Waals surface area (Å²) in [6.45, 7) is 9.07. The zero-order valence-electron chi connectivity index (χ0n) is 16.9. The molecule has 1 aromatic heterocycles. The smallest absolute Gasteiger partial charge is 0.341 e. The third-order valence-corrected chi connectivity index (χ3v) is 6.60. The maximum atomic E-state index is 12.7. The number of thiocarbonyl (C=S) groups is 1. The molecule has 0 fully saturated rings. The molecular weight excluding hydrogens is 388 g/mol. The molecule has 3 rings (SSSR count). The lowest BCUT2D eigenvalue weighted by Crippen LogP contribution is -2.26. The highest BCUT2D eigenvalue weighted by Gasteiger charge is 2.34. The predicted octanol–water partition coefficient (Wildman–Crippen LogP) is 5.88. The highest BCUT2D eigenvalue weighted by Crippen LogP contribution is 2.44. The zero-order valence-corrected chi connectivity index (χ0v) is 18.6. The summed E-state index contributed by atoms with van der Waals surface area (Å²) in [6.07, 6.45) is 2.99. The Morgan fingerprint density at radius 3 is 2.61 bits per heavy atom. The first-order chi connectivity index (χ1) is 13.3. The fourth-order valence-corrected chi connectivity index (χ4v) is 5.22. The predicted molar refractivity (Wildman–Crippen MR) is 122 cm³/mol.